The van der Waals surface area contributed by atoms with Crippen molar-refractivity contribution in [3.63, 3.8) is 0 Å². The van der Waals surface area contributed by atoms with Gasteiger partial charge in [-0.1, -0.05) is 25.1 Å². The van der Waals surface area contributed by atoms with Crippen LogP contribution < -0.4 is 16.4 Å². The molecule has 2 amide bonds. The lowest BCUT2D eigenvalue weighted by Gasteiger charge is -2.25. The fourth-order valence-electron chi connectivity index (χ4n) is 1.98. The van der Waals surface area contributed by atoms with Crippen molar-refractivity contribution in [3.05, 3.63) is 0 Å². The average Bonchev–Trinajstić information content (AvgIpc) is 2.75. The molecule has 0 aromatic rings. The van der Waals surface area contributed by atoms with Crippen molar-refractivity contribution in [3.8, 4) is 0 Å². The summed E-state index contributed by atoms with van der Waals surface area (Å²) in [7, 11) is 1.52. The second-order valence-electron chi connectivity index (χ2n) is 4.01. The highest BCUT2D eigenvalue weighted by atomic mass is 32.1. The maximum Gasteiger partial charge on any atom is 0.239 e. The van der Waals surface area contributed by atoms with E-state index in [9.17, 15) is 9.59 Å². The fraction of sp³-hybridized carbons (Fsp3) is 0.700. The number of nitrogens with two attached hydrogens (primary N) is 1. The van der Waals surface area contributed by atoms with Gasteiger partial charge in [-0.05, 0) is 12.8 Å². The zero-order valence-electron chi connectivity index (χ0n) is 9.34. The van der Waals surface area contributed by atoms with Crippen LogP contribution in [0.15, 0.2) is 0 Å². The summed E-state index contributed by atoms with van der Waals surface area (Å²) < 4.78 is 0. The van der Waals surface area contributed by atoms with E-state index in [0.29, 0.717) is 12.8 Å². The molecule has 6 heteroatoms. The summed E-state index contributed by atoms with van der Waals surface area (Å²) in [6.07, 6.45) is 3.26. The van der Waals surface area contributed by atoms with Crippen LogP contribution in [0.3, 0.4) is 0 Å². The molecule has 0 aromatic heterocycles. The second-order valence-corrected chi connectivity index (χ2v) is 4.45. The van der Waals surface area contributed by atoms with E-state index in [4.69, 9.17) is 18.0 Å². The highest BCUT2D eigenvalue weighted by molar-refractivity contribution is 7.80. The molecule has 5 nitrogen and oxygen atoms in total. The van der Waals surface area contributed by atoms with Crippen LogP contribution in [0.4, 0.5) is 0 Å². The van der Waals surface area contributed by atoms with Gasteiger partial charge in [0.1, 0.15) is 0 Å². The van der Waals surface area contributed by atoms with E-state index < -0.39 is 5.41 Å². The van der Waals surface area contributed by atoms with Crippen molar-refractivity contribution < 1.29 is 9.59 Å². The van der Waals surface area contributed by atoms with Gasteiger partial charge in [0.15, 0.2) is 0 Å². The Hall–Kier alpha value is -1.17. The first-order chi connectivity index (χ1) is 7.53. The van der Waals surface area contributed by atoms with E-state index in [1.807, 2.05) is 0 Å². The van der Waals surface area contributed by atoms with Crippen LogP contribution >= 0.6 is 12.2 Å². The highest BCUT2D eigenvalue weighted by Gasteiger charge is 2.43. The largest absolute Gasteiger partial charge is 0.392 e. The van der Waals surface area contributed by atoms with Gasteiger partial charge < -0.3 is 16.4 Å². The van der Waals surface area contributed by atoms with Gasteiger partial charge >= 0.3 is 0 Å². The van der Waals surface area contributed by atoms with Gasteiger partial charge in [0.25, 0.3) is 0 Å². The lowest BCUT2D eigenvalue weighted by atomic mass is 9.85. The first-order valence-electron chi connectivity index (χ1n) is 5.32. The van der Waals surface area contributed by atoms with E-state index in [2.05, 4.69) is 10.6 Å². The number of hydrogen-bond donors (Lipinski definition) is 3. The third kappa shape index (κ3) is 2.49. The van der Waals surface area contributed by atoms with E-state index in [1.54, 1.807) is 0 Å². The number of rotatable bonds is 4. The molecule has 0 unspecified atom stereocenters. The predicted octanol–water partition coefficient (Wildman–Crippen LogP) is -0.305. The van der Waals surface area contributed by atoms with Crippen LogP contribution in [0.5, 0.6) is 0 Å². The Balaban J connectivity index is 2.62. The number of hydrogen-bond acceptors (Lipinski definition) is 3. The lowest BCUT2D eigenvalue weighted by Crippen LogP contribution is -2.49. The van der Waals surface area contributed by atoms with Crippen molar-refractivity contribution in [2.75, 3.05) is 13.6 Å². The van der Waals surface area contributed by atoms with Gasteiger partial charge in [0.05, 0.1) is 16.9 Å². The first kappa shape index (κ1) is 12.9. The van der Waals surface area contributed by atoms with Gasteiger partial charge in [-0.15, -0.1) is 0 Å². The van der Waals surface area contributed by atoms with Crippen LogP contribution in [0.2, 0.25) is 0 Å². The number of carbonyl (C=O) groups excluding carboxylic acids is 2. The summed E-state index contributed by atoms with van der Waals surface area (Å²) in [5.74, 6) is -0.453. The van der Waals surface area contributed by atoms with Gasteiger partial charge in [0, 0.05) is 7.05 Å². The molecule has 0 heterocycles. The van der Waals surface area contributed by atoms with Crippen LogP contribution in [0.25, 0.3) is 0 Å². The molecule has 0 aromatic carbocycles. The van der Waals surface area contributed by atoms with E-state index in [1.165, 1.54) is 7.05 Å². The molecule has 1 aliphatic rings. The minimum absolute atomic E-state index is 0.0281. The van der Waals surface area contributed by atoms with E-state index in [-0.39, 0.29) is 23.3 Å². The minimum atomic E-state index is -0.733. The molecular weight excluding hydrogens is 226 g/mol. The summed E-state index contributed by atoms with van der Waals surface area (Å²) in [6, 6.07) is 0. The highest BCUT2D eigenvalue weighted by Crippen LogP contribution is 2.38. The summed E-state index contributed by atoms with van der Waals surface area (Å²) >= 11 is 4.97. The van der Waals surface area contributed by atoms with Gasteiger partial charge in [0.2, 0.25) is 11.8 Å². The van der Waals surface area contributed by atoms with E-state index in [0.717, 1.165) is 12.8 Å². The topological polar surface area (TPSA) is 84.2 Å². The SMILES string of the molecule is CNC(=O)CNC(=O)C1(C(N)=S)CCCC1. The molecule has 1 saturated carbocycles. The second kappa shape index (κ2) is 5.25. The molecule has 0 spiro atoms. The van der Waals surface area contributed by atoms with Crippen molar-refractivity contribution in [1.29, 1.82) is 0 Å². The van der Waals surface area contributed by atoms with Gasteiger partial charge in [-0.25, -0.2) is 0 Å². The Bertz CT molecular complexity index is 311. The zero-order chi connectivity index (χ0) is 12.2. The molecular formula is C10H17N3O2S. The maximum absolute atomic E-state index is 12.0. The van der Waals surface area contributed by atoms with E-state index >= 15 is 0 Å². The molecule has 16 heavy (non-hydrogen) atoms. The number of carbonyl (C=O) groups is 2. The fourth-order valence-corrected chi connectivity index (χ4v) is 2.28. The molecule has 0 aliphatic heterocycles. The Kier molecular flexibility index (Phi) is 4.23. The minimum Gasteiger partial charge on any atom is -0.392 e. The molecule has 1 aliphatic carbocycles. The normalized spacial score (nSPS) is 17.8. The van der Waals surface area contributed by atoms with Crippen molar-refractivity contribution in [1.82, 2.24) is 10.6 Å². The third-order valence-corrected chi connectivity index (χ3v) is 3.44. The summed E-state index contributed by atoms with van der Waals surface area (Å²) in [5, 5.41) is 5.01. The predicted molar refractivity (Wildman–Crippen MR) is 64.8 cm³/mol. The number of likely N-dealkylation sites (N-methyl/N-ethyl adjacent to an activating group) is 1. The monoisotopic (exact) mass is 243 g/mol. The maximum atomic E-state index is 12.0. The quantitative estimate of drug-likeness (QED) is 0.592. The smallest absolute Gasteiger partial charge is 0.239 e. The molecule has 1 rings (SSSR count). The zero-order valence-corrected chi connectivity index (χ0v) is 10.2. The van der Waals surface area contributed by atoms with Gasteiger partial charge in [-0.3, -0.25) is 9.59 Å². The number of nitrogens with one attached hydrogen (secondary N) is 2. The standard InChI is InChI=1S/C10H17N3O2S/c1-12-7(14)6-13-9(15)10(8(11)16)4-2-3-5-10/h2-6H2,1H3,(H2,11,16)(H,12,14)(H,13,15). The summed E-state index contributed by atoms with van der Waals surface area (Å²) in [5.41, 5.74) is 4.91. The van der Waals surface area contributed by atoms with Crippen LogP contribution in [-0.2, 0) is 9.59 Å². The molecule has 0 saturated heterocycles. The van der Waals surface area contributed by atoms with Crippen molar-refractivity contribution in [2.24, 2.45) is 11.1 Å². The summed E-state index contributed by atoms with van der Waals surface area (Å²) in [4.78, 5) is 23.2. The van der Waals surface area contributed by atoms with Crippen molar-refractivity contribution >= 4 is 29.0 Å². The molecule has 4 N–H and O–H groups in total. The number of amides is 2. The number of thiocarbonyl (C=S) groups is 1. The molecule has 90 valence electrons. The molecule has 0 bridgehead atoms. The average molecular weight is 243 g/mol. The lowest BCUT2D eigenvalue weighted by molar-refractivity contribution is -0.130. The first-order valence-corrected chi connectivity index (χ1v) is 5.72. The van der Waals surface area contributed by atoms with Crippen LogP contribution in [0.1, 0.15) is 25.7 Å². The Morgan fingerprint density at radius 2 is 1.94 bits per heavy atom. The summed E-state index contributed by atoms with van der Waals surface area (Å²) in [6.45, 7) is -0.0281. The molecule has 0 radical (unpaired) electrons. The Labute approximate surface area is 100 Å². The Morgan fingerprint density at radius 1 is 1.38 bits per heavy atom. The molecule has 0 atom stereocenters. The molecule has 1 fully saturated rings. The van der Waals surface area contributed by atoms with Crippen LogP contribution in [-0.4, -0.2) is 30.4 Å². The van der Waals surface area contributed by atoms with Gasteiger partial charge in [-0.2, -0.15) is 0 Å². The van der Waals surface area contributed by atoms with Crippen LogP contribution in [0, 0.1) is 5.41 Å². The third-order valence-electron chi connectivity index (χ3n) is 3.05. The Morgan fingerprint density at radius 3 is 2.38 bits per heavy atom. The van der Waals surface area contributed by atoms with Crippen molar-refractivity contribution in [2.45, 2.75) is 25.7 Å².